The van der Waals surface area contributed by atoms with Gasteiger partial charge in [0.2, 0.25) is 0 Å². The van der Waals surface area contributed by atoms with Crippen LogP contribution < -0.4 is 0 Å². The van der Waals surface area contributed by atoms with Crippen molar-refractivity contribution in [2.24, 2.45) is 11.8 Å². The Kier molecular flexibility index (Phi) is 7.66. The SMILES string of the molecule is COC1CCC(C[C@@H](C)CCN2CCN(C(C)C)CC2)CC1. The minimum atomic E-state index is 0.545. The summed E-state index contributed by atoms with van der Waals surface area (Å²) in [4.78, 5) is 5.28. The average Bonchev–Trinajstić information content (AvgIpc) is 2.54. The van der Waals surface area contributed by atoms with E-state index in [1.807, 2.05) is 7.11 Å². The summed E-state index contributed by atoms with van der Waals surface area (Å²) >= 11 is 0. The highest BCUT2D eigenvalue weighted by Gasteiger charge is 2.23. The monoisotopic (exact) mass is 310 g/mol. The molecule has 3 nitrogen and oxygen atoms in total. The molecule has 1 saturated carbocycles. The van der Waals surface area contributed by atoms with E-state index in [9.17, 15) is 0 Å². The minimum Gasteiger partial charge on any atom is -0.381 e. The Morgan fingerprint density at radius 1 is 0.955 bits per heavy atom. The van der Waals surface area contributed by atoms with E-state index in [0.717, 1.165) is 11.8 Å². The average molecular weight is 311 g/mol. The van der Waals surface area contributed by atoms with E-state index in [1.54, 1.807) is 0 Å². The number of rotatable bonds is 7. The van der Waals surface area contributed by atoms with Gasteiger partial charge in [-0.15, -0.1) is 0 Å². The van der Waals surface area contributed by atoms with Crippen LogP contribution in [0.1, 0.15) is 59.3 Å². The highest BCUT2D eigenvalue weighted by atomic mass is 16.5. The highest BCUT2D eigenvalue weighted by molar-refractivity contribution is 4.77. The maximum absolute atomic E-state index is 5.49. The minimum absolute atomic E-state index is 0.545. The van der Waals surface area contributed by atoms with Crippen LogP contribution in [0.3, 0.4) is 0 Å². The number of hydrogen-bond acceptors (Lipinski definition) is 3. The summed E-state index contributed by atoms with van der Waals surface area (Å²) in [6.07, 6.45) is 8.69. The van der Waals surface area contributed by atoms with E-state index in [-0.39, 0.29) is 0 Å². The lowest BCUT2D eigenvalue weighted by atomic mass is 9.81. The molecule has 0 radical (unpaired) electrons. The molecule has 2 aliphatic rings. The van der Waals surface area contributed by atoms with Crippen LogP contribution in [0.4, 0.5) is 0 Å². The second-order valence-electron chi connectivity index (χ2n) is 7.98. The summed E-state index contributed by atoms with van der Waals surface area (Å²) in [5, 5.41) is 0. The zero-order valence-corrected chi connectivity index (χ0v) is 15.4. The number of nitrogens with zero attached hydrogens (tertiary/aromatic N) is 2. The van der Waals surface area contributed by atoms with Crippen molar-refractivity contribution >= 4 is 0 Å². The maximum atomic E-state index is 5.49. The molecule has 0 N–H and O–H groups in total. The van der Waals surface area contributed by atoms with Gasteiger partial charge < -0.3 is 9.64 Å². The molecule has 1 atom stereocenters. The van der Waals surface area contributed by atoms with Gasteiger partial charge in [0, 0.05) is 39.3 Å². The number of hydrogen-bond donors (Lipinski definition) is 0. The lowest BCUT2D eigenvalue weighted by molar-refractivity contribution is 0.0522. The molecule has 0 amide bonds. The van der Waals surface area contributed by atoms with Crippen molar-refractivity contribution in [3.8, 4) is 0 Å². The molecular weight excluding hydrogens is 272 g/mol. The molecule has 0 bridgehead atoms. The van der Waals surface area contributed by atoms with E-state index in [4.69, 9.17) is 4.74 Å². The van der Waals surface area contributed by atoms with Crippen molar-refractivity contribution in [3.63, 3.8) is 0 Å². The first-order valence-electron chi connectivity index (χ1n) is 9.57. The number of methoxy groups -OCH3 is 1. The van der Waals surface area contributed by atoms with Gasteiger partial charge in [-0.05, 0) is 70.8 Å². The molecule has 22 heavy (non-hydrogen) atoms. The Morgan fingerprint density at radius 3 is 2.14 bits per heavy atom. The molecule has 0 aromatic carbocycles. The summed E-state index contributed by atoms with van der Waals surface area (Å²) in [7, 11) is 1.87. The topological polar surface area (TPSA) is 15.7 Å². The van der Waals surface area contributed by atoms with Crippen LogP contribution in [-0.2, 0) is 4.74 Å². The second-order valence-corrected chi connectivity index (χ2v) is 7.98. The van der Waals surface area contributed by atoms with Gasteiger partial charge in [0.05, 0.1) is 6.10 Å². The molecule has 1 aliphatic heterocycles. The summed E-state index contributed by atoms with van der Waals surface area (Å²) < 4.78 is 5.49. The van der Waals surface area contributed by atoms with Gasteiger partial charge in [0.15, 0.2) is 0 Å². The molecule has 0 spiro atoms. The molecule has 2 fully saturated rings. The maximum Gasteiger partial charge on any atom is 0.0571 e. The van der Waals surface area contributed by atoms with Gasteiger partial charge in [0.1, 0.15) is 0 Å². The fourth-order valence-corrected chi connectivity index (χ4v) is 4.20. The van der Waals surface area contributed by atoms with Crippen molar-refractivity contribution in [1.82, 2.24) is 9.80 Å². The quantitative estimate of drug-likeness (QED) is 0.714. The van der Waals surface area contributed by atoms with Crippen LogP contribution in [0, 0.1) is 11.8 Å². The van der Waals surface area contributed by atoms with E-state index in [2.05, 4.69) is 30.6 Å². The Hall–Kier alpha value is -0.120. The zero-order valence-electron chi connectivity index (χ0n) is 15.4. The smallest absolute Gasteiger partial charge is 0.0571 e. The zero-order chi connectivity index (χ0) is 15.9. The Morgan fingerprint density at radius 2 is 1.59 bits per heavy atom. The van der Waals surface area contributed by atoms with Crippen LogP contribution in [0.25, 0.3) is 0 Å². The fourth-order valence-electron chi connectivity index (χ4n) is 4.20. The molecule has 2 rings (SSSR count). The lowest BCUT2D eigenvalue weighted by Gasteiger charge is -2.37. The van der Waals surface area contributed by atoms with Crippen LogP contribution in [0.2, 0.25) is 0 Å². The summed E-state index contributed by atoms with van der Waals surface area (Å²) in [5.41, 5.74) is 0. The van der Waals surface area contributed by atoms with Crippen LogP contribution in [0.5, 0.6) is 0 Å². The van der Waals surface area contributed by atoms with Crippen molar-refractivity contribution in [2.75, 3.05) is 39.8 Å². The van der Waals surface area contributed by atoms with Crippen molar-refractivity contribution in [2.45, 2.75) is 71.4 Å². The summed E-state index contributed by atoms with van der Waals surface area (Å²) in [6, 6.07) is 0.711. The fraction of sp³-hybridized carbons (Fsp3) is 1.00. The normalized spacial score (nSPS) is 29.9. The molecule has 0 unspecified atom stereocenters. The van der Waals surface area contributed by atoms with Gasteiger partial charge in [-0.25, -0.2) is 0 Å². The highest BCUT2D eigenvalue weighted by Crippen LogP contribution is 2.31. The Balaban J connectivity index is 1.57. The van der Waals surface area contributed by atoms with Crippen LogP contribution >= 0.6 is 0 Å². The molecule has 1 saturated heterocycles. The third-order valence-electron chi connectivity index (χ3n) is 5.94. The van der Waals surface area contributed by atoms with Gasteiger partial charge in [-0.3, -0.25) is 4.90 Å². The summed E-state index contributed by atoms with van der Waals surface area (Å²) in [5.74, 6) is 1.84. The third kappa shape index (κ3) is 5.82. The van der Waals surface area contributed by atoms with Crippen LogP contribution in [0.15, 0.2) is 0 Å². The second kappa shape index (κ2) is 9.24. The van der Waals surface area contributed by atoms with Gasteiger partial charge in [0.25, 0.3) is 0 Å². The predicted molar refractivity (Wildman–Crippen MR) is 94.3 cm³/mol. The first-order chi connectivity index (χ1) is 10.6. The number of ether oxygens (including phenoxy) is 1. The first kappa shape index (κ1) is 18.2. The lowest BCUT2D eigenvalue weighted by Crippen LogP contribution is -2.49. The van der Waals surface area contributed by atoms with Crippen molar-refractivity contribution < 1.29 is 4.74 Å². The van der Waals surface area contributed by atoms with Crippen LogP contribution in [-0.4, -0.2) is 61.8 Å². The standard InChI is InChI=1S/C19H38N2O/c1-16(2)21-13-11-20(12-14-21)10-9-17(3)15-18-5-7-19(22-4)8-6-18/h16-19H,5-15H2,1-4H3/t17-,18?,19?/m0/s1. The third-order valence-corrected chi connectivity index (χ3v) is 5.94. The molecule has 0 aromatic rings. The van der Waals surface area contributed by atoms with E-state index < -0.39 is 0 Å². The van der Waals surface area contributed by atoms with E-state index >= 15 is 0 Å². The van der Waals surface area contributed by atoms with Crippen molar-refractivity contribution in [1.29, 1.82) is 0 Å². The molecule has 1 heterocycles. The van der Waals surface area contributed by atoms with Gasteiger partial charge in [-0.1, -0.05) is 6.92 Å². The Labute approximate surface area is 138 Å². The molecule has 130 valence electrons. The number of piperazine rings is 1. The molecule has 3 heteroatoms. The van der Waals surface area contributed by atoms with E-state index in [0.29, 0.717) is 12.1 Å². The first-order valence-corrected chi connectivity index (χ1v) is 9.57. The molecular formula is C19H38N2O. The molecule has 0 aromatic heterocycles. The van der Waals surface area contributed by atoms with Crippen molar-refractivity contribution in [3.05, 3.63) is 0 Å². The van der Waals surface area contributed by atoms with Gasteiger partial charge in [-0.2, -0.15) is 0 Å². The Bertz CT molecular complexity index is 292. The summed E-state index contributed by atoms with van der Waals surface area (Å²) in [6.45, 7) is 13.5. The van der Waals surface area contributed by atoms with E-state index in [1.165, 1.54) is 71.2 Å². The predicted octanol–water partition coefficient (Wildman–Crippen LogP) is 3.63. The van der Waals surface area contributed by atoms with Gasteiger partial charge >= 0.3 is 0 Å². The largest absolute Gasteiger partial charge is 0.381 e. The molecule has 1 aliphatic carbocycles.